The maximum Gasteiger partial charge on any atom is 0.311 e. The van der Waals surface area contributed by atoms with E-state index in [4.69, 9.17) is 0 Å². The van der Waals surface area contributed by atoms with Crippen molar-refractivity contribution in [3.63, 3.8) is 0 Å². The Bertz CT molecular complexity index is 1140. The van der Waals surface area contributed by atoms with Gasteiger partial charge in [0.2, 0.25) is 0 Å². The van der Waals surface area contributed by atoms with Gasteiger partial charge in [-0.2, -0.15) is 0 Å². The third kappa shape index (κ3) is 3.35. The first-order valence-electron chi connectivity index (χ1n) is 8.93. The van der Waals surface area contributed by atoms with Gasteiger partial charge in [0.05, 0.1) is 11.4 Å². The molecule has 1 heterocycles. The van der Waals surface area contributed by atoms with Crippen molar-refractivity contribution in [2.24, 2.45) is 0 Å². The van der Waals surface area contributed by atoms with Crippen LogP contribution in [0.4, 0.5) is 13.2 Å². The van der Waals surface area contributed by atoms with Gasteiger partial charge in [-0.1, -0.05) is 13.3 Å². The maximum atomic E-state index is 14.8. The summed E-state index contributed by atoms with van der Waals surface area (Å²) < 4.78 is 42.7. The minimum absolute atomic E-state index is 0.0323. The van der Waals surface area contributed by atoms with Gasteiger partial charge in [0.15, 0.2) is 23.2 Å². The predicted molar refractivity (Wildman–Crippen MR) is 99.7 cm³/mol. The van der Waals surface area contributed by atoms with Gasteiger partial charge >= 0.3 is 5.97 Å². The topological polar surface area (TPSA) is 79.5 Å². The first kappa shape index (κ1) is 20.4. The van der Waals surface area contributed by atoms with Gasteiger partial charge < -0.3 is 10.2 Å². The zero-order valence-electron chi connectivity index (χ0n) is 15.7. The summed E-state index contributed by atoms with van der Waals surface area (Å²) in [7, 11) is 0. The molecule has 29 heavy (non-hydrogen) atoms. The summed E-state index contributed by atoms with van der Waals surface area (Å²) in [6.07, 6.45) is 0.671. The number of benzene rings is 2. The van der Waals surface area contributed by atoms with Crippen LogP contribution in [0.3, 0.4) is 0 Å². The zero-order valence-corrected chi connectivity index (χ0v) is 15.7. The number of fused-ring (bicyclic) bond motifs is 1. The van der Waals surface area contributed by atoms with E-state index < -0.39 is 41.0 Å². The van der Waals surface area contributed by atoms with Crippen LogP contribution in [-0.2, 0) is 4.79 Å². The summed E-state index contributed by atoms with van der Waals surface area (Å²) in [5.74, 6) is -7.15. The van der Waals surface area contributed by atoms with E-state index in [-0.39, 0.29) is 34.1 Å². The van der Waals surface area contributed by atoms with Crippen LogP contribution in [0.15, 0.2) is 30.3 Å². The Balaban J connectivity index is 2.35. The molecule has 0 saturated heterocycles. The number of phenolic OH excluding ortho intramolecular Hbond substituents is 1. The molecule has 2 N–H and O–H groups in total. The minimum atomic E-state index is -1.22. The fourth-order valence-corrected chi connectivity index (χ4v) is 3.61. The van der Waals surface area contributed by atoms with Gasteiger partial charge in [-0.25, -0.2) is 13.2 Å². The zero-order chi connectivity index (χ0) is 21.5. The summed E-state index contributed by atoms with van der Waals surface area (Å²) in [4.78, 5) is 24.9. The largest absolute Gasteiger partial charge is 0.505 e. The van der Waals surface area contributed by atoms with Crippen LogP contribution in [0, 0.1) is 24.4 Å². The molecule has 5 nitrogen and oxygen atoms in total. The third-order valence-electron chi connectivity index (χ3n) is 4.93. The molecule has 0 aliphatic heterocycles. The standard InChI is InChI=1S/C21H18F3NO4/c1-3-4-12(21(28)29)17-10(2)25(15-7-8-16(26)19(24)18(15)17)20(27)11-5-6-13(22)14(23)9-11/h5-9,12,26H,3-4H2,1-2H3,(H,28,29)/t12-/m0/s1. The Labute approximate surface area is 164 Å². The van der Waals surface area contributed by atoms with Crippen molar-refractivity contribution in [3.05, 3.63) is 64.6 Å². The second-order valence-corrected chi connectivity index (χ2v) is 6.74. The number of hydrogen-bond acceptors (Lipinski definition) is 3. The molecule has 0 aliphatic carbocycles. The molecule has 3 aromatic rings. The average Bonchev–Trinajstić information content (AvgIpc) is 2.96. The average molecular weight is 405 g/mol. The Morgan fingerprint density at radius 1 is 1.10 bits per heavy atom. The fourth-order valence-electron chi connectivity index (χ4n) is 3.61. The van der Waals surface area contributed by atoms with Gasteiger partial charge in [-0.3, -0.25) is 14.2 Å². The highest BCUT2D eigenvalue weighted by atomic mass is 19.2. The van der Waals surface area contributed by atoms with Crippen LogP contribution < -0.4 is 0 Å². The molecule has 0 saturated carbocycles. The van der Waals surface area contributed by atoms with Gasteiger partial charge in [0, 0.05) is 16.6 Å². The van der Waals surface area contributed by atoms with Gasteiger partial charge in [0.25, 0.3) is 5.91 Å². The van der Waals surface area contributed by atoms with Crippen molar-refractivity contribution < 1.29 is 33.0 Å². The molecule has 0 fully saturated rings. The molecule has 0 aliphatic rings. The summed E-state index contributed by atoms with van der Waals surface area (Å²) in [6.45, 7) is 3.22. The van der Waals surface area contributed by atoms with Crippen LogP contribution >= 0.6 is 0 Å². The highest BCUT2D eigenvalue weighted by molar-refractivity contribution is 6.05. The molecule has 0 unspecified atom stereocenters. The molecule has 1 atom stereocenters. The van der Waals surface area contributed by atoms with Crippen molar-refractivity contribution in [2.75, 3.05) is 0 Å². The van der Waals surface area contributed by atoms with E-state index in [1.165, 1.54) is 13.0 Å². The number of nitrogens with zero attached hydrogens (tertiary/aromatic N) is 1. The summed E-state index contributed by atoms with van der Waals surface area (Å²) in [6, 6.07) is 4.94. The molecule has 1 aromatic heterocycles. The van der Waals surface area contributed by atoms with Crippen LogP contribution in [0.1, 0.15) is 47.3 Å². The number of carboxylic acids is 1. The lowest BCUT2D eigenvalue weighted by Gasteiger charge is -2.13. The molecular weight excluding hydrogens is 387 g/mol. The van der Waals surface area contributed by atoms with E-state index in [2.05, 4.69) is 0 Å². The van der Waals surface area contributed by atoms with Crippen LogP contribution in [0.2, 0.25) is 0 Å². The lowest BCUT2D eigenvalue weighted by Crippen LogP contribution is -2.16. The monoisotopic (exact) mass is 405 g/mol. The van der Waals surface area contributed by atoms with Crippen molar-refractivity contribution in [1.29, 1.82) is 0 Å². The number of carbonyl (C=O) groups is 2. The molecule has 152 valence electrons. The highest BCUT2D eigenvalue weighted by Gasteiger charge is 2.31. The minimum Gasteiger partial charge on any atom is -0.505 e. The van der Waals surface area contributed by atoms with Crippen molar-refractivity contribution in [3.8, 4) is 5.75 Å². The SMILES string of the molecule is CCC[C@H](C(=O)O)c1c(C)n(C(=O)c2ccc(F)c(F)c2)c2ccc(O)c(F)c12. The molecule has 8 heteroatoms. The lowest BCUT2D eigenvalue weighted by molar-refractivity contribution is -0.139. The van der Waals surface area contributed by atoms with Crippen molar-refractivity contribution in [2.45, 2.75) is 32.6 Å². The molecule has 0 radical (unpaired) electrons. The van der Waals surface area contributed by atoms with Gasteiger partial charge in [-0.15, -0.1) is 0 Å². The summed E-state index contributed by atoms with van der Waals surface area (Å²) in [5, 5.41) is 19.3. The van der Waals surface area contributed by atoms with Crippen molar-refractivity contribution >= 4 is 22.8 Å². The molecule has 0 amide bonds. The maximum absolute atomic E-state index is 14.8. The predicted octanol–water partition coefficient (Wildman–Crippen LogP) is 4.73. The number of carbonyl (C=O) groups excluding carboxylic acids is 1. The van der Waals surface area contributed by atoms with Gasteiger partial charge in [0.1, 0.15) is 0 Å². The quantitative estimate of drug-likeness (QED) is 0.643. The van der Waals surface area contributed by atoms with E-state index in [0.717, 1.165) is 28.8 Å². The van der Waals surface area contributed by atoms with Crippen LogP contribution in [-0.4, -0.2) is 26.7 Å². The van der Waals surface area contributed by atoms with E-state index in [1.807, 2.05) is 0 Å². The second kappa shape index (κ2) is 7.62. The Morgan fingerprint density at radius 2 is 1.79 bits per heavy atom. The van der Waals surface area contributed by atoms with Crippen molar-refractivity contribution in [1.82, 2.24) is 4.57 Å². The number of aliphatic carboxylic acids is 1. The summed E-state index contributed by atoms with van der Waals surface area (Å²) >= 11 is 0. The first-order chi connectivity index (χ1) is 13.7. The third-order valence-corrected chi connectivity index (χ3v) is 4.93. The smallest absolute Gasteiger partial charge is 0.311 e. The number of halogens is 3. The molecule has 0 spiro atoms. The number of carboxylic acid groups (broad SMARTS) is 1. The first-order valence-corrected chi connectivity index (χ1v) is 8.93. The molecule has 2 aromatic carbocycles. The van der Waals surface area contributed by atoms with E-state index >= 15 is 0 Å². The number of aromatic nitrogens is 1. The van der Waals surface area contributed by atoms with E-state index in [0.29, 0.717) is 6.42 Å². The number of aromatic hydroxyl groups is 1. The Morgan fingerprint density at radius 3 is 2.38 bits per heavy atom. The normalized spacial score (nSPS) is 12.3. The second-order valence-electron chi connectivity index (χ2n) is 6.74. The molecular formula is C21H18F3NO4. The van der Waals surface area contributed by atoms with Crippen LogP contribution in [0.5, 0.6) is 5.75 Å². The summed E-state index contributed by atoms with van der Waals surface area (Å²) in [5.41, 5.74) is 0.0648. The van der Waals surface area contributed by atoms with E-state index in [9.17, 15) is 33.0 Å². The van der Waals surface area contributed by atoms with Crippen LogP contribution in [0.25, 0.3) is 10.9 Å². The van der Waals surface area contributed by atoms with Gasteiger partial charge in [-0.05, 0) is 49.2 Å². The molecule has 0 bridgehead atoms. The number of hydrogen-bond donors (Lipinski definition) is 2. The highest BCUT2D eigenvalue weighted by Crippen LogP contribution is 2.39. The Hall–Kier alpha value is -3.29. The fraction of sp³-hybridized carbons (Fsp3) is 0.238. The van der Waals surface area contributed by atoms with E-state index in [1.54, 1.807) is 6.92 Å². The number of rotatable bonds is 5. The molecule has 3 rings (SSSR count). The lowest BCUT2D eigenvalue weighted by atomic mass is 9.92. The Kier molecular flexibility index (Phi) is 5.37. The number of phenols is 1.